The Bertz CT molecular complexity index is 1520. The molecule has 0 bridgehead atoms. The summed E-state index contributed by atoms with van der Waals surface area (Å²) in [6, 6.07) is 21.6. The van der Waals surface area contributed by atoms with Gasteiger partial charge >= 0.3 is 0 Å². The first-order chi connectivity index (χ1) is 18.7. The first-order valence-electron chi connectivity index (χ1n) is 12.6. The van der Waals surface area contributed by atoms with Gasteiger partial charge in [-0.05, 0) is 42.0 Å². The molecule has 1 saturated heterocycles. The van der Waals surface area contributed by atoms with E-state index in [4.69, 9.17) is 24.0 Å². The van der Waals surface area contributed by atoms with E-state index in [1.54, 1.807) is 24.3 Å². The van der Waals surface area contributed by atoms with Gasteiger partial charge in [0.2, 0.25) is 10.0 Å². The van der Waals surface area contributed by atoms with Crippen molar-refractivity contribution < 1.29 is 31.8 Å². The number of hydrogen-bond donors (Lipinski definition) is 2. The standard InChI is InChI=1S/C29H29FN2O6S/c30-23-8-4-7-22(19-23)28(29(33)14-17-36-18-15-29)37-16-13-25-32-26(20-5-2-1-3-6-20)27(38-25)21-9-11-24(12-10-21)39(31,34)35/h1-12,19,28,33H,13-18H2,(H2,31,34,35). The average Bonchev–Trinajstić information content (AvgIpc) is 3.36. The van der Waals surface area contributed by atoms with Crippen LogP contribution in [0.25, 0.3) is 22.6 Å². The van der Waals surface area contributed by atoms with Crippen LogP contribution in [0.1, 0.15) is 30.4 Å². The number of sulfonamides is 1. The topological polar surface area (TPSA) is 125 Å². The van der Waals surface area contributed by atoms with Gasteiger partial charge in [0, 0.05) is 43.6 Å². The van der Waals surface area contributed by atoms with Gasteiger partial charge in [-0.15, -0.1) is 0 Å². The smallest absolute Gasteiger partial charge is 0.238 e. The van der Waals surface area contributed by atoms with Crippen molar-refractivity contribution >= 4 is 10.0 Å². The molecule has 39 heavy (non-hydrogen) atoms. The van der Waals surface area contributed by atoms with Gasteiger partial charge in [-0.3, -0.25) is 0 Å². The molecule has 10 heteroatoms. The third-order valence-corrected chi connectivity index (χ3v) is 7.69. The zero-order valence-electron chi connectivity index (χ0n) is 21.1. The summed E-state index contributed by atoms with van der Waals surface area (Å²) in [7, 11) is -3.83. The molecule has 1 aliphatic rings. The molecule has 1 atom stereocenters. The summed E-state index contributed by atoms with van der Waals surface area (Å²) >= 11 is 0. The lowest BCUT2D eigenvalue weighted by molar-refractivity contribution is -0.155. The van der Waals surface area contributed by atoms with Crippen LogP contribution in [0.4, 0.5) is 4.39 Å². The third-order valence-electron chi connectivity index (χ3n) is 6.76. The van der Waals surface area contributed by atoms with E-state index in [0.717, 1.165) is 5.56 Å². The quantitative estimate of drug-likeness (QED) is 0.310. The van der Waals surface area contributed by atoms with E-state index in [9.17, 15) is 17.9 Å². The van der Waals surface area contributed by atoms with Gasteiger partial charge < -0.3 is 19.0 Å². The van der Waals surface area contributed by atoms with Crippen LogP contribution >= 0.6 is 0 Å². The molecule has 4 aromatic rings. The van der Waals surface area contributed by atoms with Crippen molar-refractivity contribution in [2.45, 2.75) is 35.9 Å². The Morgan fingerprint density at radius 1 is 1.00 bits per heavy atom. The van der Waals surface area contributed by atoms with E-state index < -0.39 is 27.5 Å². The maximum absolute atomic E-state index is 14.0. The minimum absolute atomic E-state index is 0.00455. The van der Waals surface area contributed by atoms with Crippen molar-refractivity contribution in [3.63, 3.8) is 0 Å². The minimum Gasteiger partial charge on any atom is -0.440 e. The van der Waals surface area contributed by atoms with E-state index in [0.29, 0.717) is 54.5 Å². The Balaban J connectivity index is 1.41. The molecule has 1 unspecified atom stereocenters. The Morgan fingerprint density at radius 2 is 1.72 bits per heavy atom. The number of ether oxygens (including phenoxy) is 2. The van der Waals surface area contributed by atoms with Gasteiger partial charge in [-0.25, -0.2) is 22.9 Å². The Hall–Kier alpha value is -3.41. The van der Waals surface area contributed by atoms with Crippen LogP contribution in [0.3, 0.4) is 0 Å². The fraction of sp³-hybridized carbons (Fsp3) is 0.276. The Morgan fingerprint density at radius 3 is 2.38 bits per heavy atom. The highest BCUT2D eigenvalue weighted by atomic mass is 32.2. The highest BCUT2D eigenvalue weighted by Gasteiger charge is 2.40. The number of rotatable bonds is 9. The van der Waals surface area contributed by atoms with E-state index in [-0.39, 0.29) is 17.9 Å². The number of nitrogens with two attached hydrogens (primary N) is 1. The molecule has 8 nitrogen and oxygen atoms in total. The minimum atomic E-state index is -3.83. The summed E-state index contributed by atoms with van der Waals surface area (Å²) in [5, 5.41) is 16.6. The zero-order chi connectivity index (χ0) is 27.5. The molecule has 3 N–H and O–H groups in total. The molecule has 3 aromatic carbocycles. The van der Waals surface area contributed by atoms with E-state index in [2.05, 4.69) is 0 Å². The highest BCUT2D eigenvalue weighted by molar-refractivity contribution is 7.89. The number of nitrogens with zero attached hydrogens (tertiary/aromatic N) is 1. The van der Waals surface area contributed by atoms with Crippen molar-refractivity contribution in [2.24, 2.45) is 5.14 Å². The number of aliphatic hydroxyl groups is 1. The van der Waals surface area contributed by atoms with Crippen molar-refractivity contribution in [2.75, 3.05) is 19.8 Å². The number of oxazole rings is 1. The van der Waals surface area contributed by atoms with Crippen molar-refractivity contribution in [3.8, 4) is 22.6 Å². The van der Waals surface area contributed by atoms with E-state index in [1.165, 1.54) is 24.3 Å². The van der Waals surface area contributed by atoms with Crippen LogP contribution in [0.5, 0.6) is 0 Å². The van der Waals surface area contributed by atoms with Crippen LogP contribution in [0.15, 0.2) is 88.2 Å². The van der Waals surface area contributed by atoms with Gasteiger partial charge in [0.15, 0.2) is 11.7 Å². The number of hydrogen-bond acceptors (Lipinski definition) is 7. The van der Waals surface area contributed by atoms with E-state index in [1.807, 2.05) is 30.3 Å². The van der Waals surface area contributed by atoms with Gasteiger partial charge in [0.05, 0.1) is 17.1 Å². The average molecular weight is 553 g/mol. The molecule has 1 fully saturated rings. The predicted octanol–water partition coefficient (Wildman–Crippen LogP) is 4.64. The maximum Gasteiger partial charge on any atom is 0.238 e. The molecule has 2 heterocycles. The SMILES string of the molecule is NS(=O)(=O)c1ccc(-c2oc(CCOC(c3cccc(F)c3)C3(O)CCOCC3)nc2-c2ccccc2)cc1. The molecule has 5 rings (SSSR count). The van der Waals surface area contributed by atoms with Crippen LogP contribution in [0, 0.1) is 5.82 Å². The van der Waals surface area contributed by atoms with Gasteiger partial charge in [0.1, 0.15) is 17.6 Å². The second-order valence-corrected chi connectivity index (χ2v) is 11.1. The molecule has 0 radical (unpaired) electrons. The summed E-state index contributed by atoms with van der Waals surface area (Å²) in [6.45, 7) is 0.932. The first-order valence-corrected chi connectivity index (χ1v) is 14.1. The zero-order valence-corrected chi connectivity index (χ0v) is 21.9. The molecule has 204 valence electrons. The molecule has 1 aromatic heterocycles. The third kappa shape index (κ3) is 6.26. The summed E-state index contributed by atoms with van der Waals surface area (Å²) in [4.78, 5) is 4.70. The van der Waals surface area contributed by atoms with E-state index >= 15 is 0 Å². The lowest BCUT2D eigenvalue weighted by Crippen LogP contribution is -2.43. The second kappa shape index (κ2) is 11.4. The fourth-order valence-corrected chi connectivity index (χ4v) is 5.25. The van der Waals surface area contributed by atoms with Gasteiger partial charge in [-0.1, -0.05) is 42.5 Å². The lowest BCUT2D eigenvalue weighted by atomic mass is 9.84. The normalized spacial score (nSPS) is 16.2. The molecular weight excluding hydrogens is 523 g/mol. The number of aromatic nitrogens is 1. The van der Waals surface area contributed by atoms with Crippen molar-refractivity contribution in [1.29, 1.82) is 0 Å². The first kappa shape index (κ1) is 27.2. The summed E-state index contributed by atoms with van der Waals surface area (Å²) < 4.78 is 55.2. The van der Waals surface area contributed by atoms with Crippen LogP contribution < -0.4 is 5.14 Å². The van der Waals surface area contributed by atoms with Gasteiger partial charge in [0.25, 0.3) is 0 Å². The Labute approximate surface area is 226 Å². The van der Waals surface area contributed by atoms with Crippen molar-refractivity contribution in [3.05, 3.63) is 96.1 Å². The molecule has 0 saturated carbocycles. The fourth-order valence-electron chi connectivity index (χ4n) is 4.74. The predicted molar refractivity (Wildman–Crippen MR) is 143 cm³/mol. The summed E-state index contributed by atoms with van der Waals surface area (Å²) in [5.74, 6) is 0.466. The highest BCUT2D eigenvalue weighted by Crippen LogP contribution is 2.38. The number of benzene rings is 3. The lowest BCUT2D eigenvalue weighted by Gasteiger charge is -2.39. The molecule has 0 aliphatic carbocycles. The van der Waals surface area contributed by atoms with Crippen molar-refractivity contribution in [1.82, 2.24) is 4.98 Å². The van der Waals surface area contributed by atoms with Crippen LogP contribution in [0.2, 0.25) is 0 Å². The maximum atomic E-state index is 14.0. The molecule has 1 aliphatic heterocycles. The number of primary sulfonamides is 1. The van der Waals surface area contributed by atoms with Gasteiger partial charge in [-0.2, -0.15) is 0 Å². The number of halogens is 1. The molecule has 0 spiro atoms. The summed E-state index contributed by atoms with van der Waals surface area (Å²) in [6.07, 6.45) is 0.257. The van der Waals surface area contributed by atoms with Crippen LogP contribution in [-0.2, 0) is 25.9 Å². The second-order valence-electron chi connectivity index (χ2n) is 9.49. The molecule has 0 amide bonds. The van der Waals surface area contributed by atoms with Crippen LogP contribution in [-0.4, -0.2) is 43.9 Å². The largest absolute Gasteiger partial charge is 0.440 e. The monoisotopic (exact) mass is 552 g/mol. The molecular formula is C29H29FN2O6S. The summed E-state index contributed by atoms with van der Waals surface area (Å²) in [5.41, 5.74) is 1.41. The Kier molecular flexibility index (Phi) is 7.92.